The van der Waals surface area contributed by atoms with Crippen LogP contribution in [-0.4, -0.2) is 65.2 Å². The maximum atomic E-state index is 10.5. The van der Waals surface area contributed by atoms with Crippen molar-refractivity contribution in [2.75, 3.05) is 20.3 Å². The molecule has 1 heterocycles. The highest BCUT2D eigenvalue weighted by molar-refractivity contribution is 5.41. The lowest BCUT2D eigenvalue weighted by Crippen LogP contribution is -2.55. The summed E-state index contributed by atoms with van der Waals surface area (Å²) in [5.74, 6) is 0.569. The Hall–Kier alpha value is -1.80. The summed E-state index contributed by atoms with van der Waals surface area (Å²) in [4.78, 5) is 0. The summed E-state index contributed by atoms with van der Waals surface area (Å²) in [6.07, 6.45) is -1.69. The second kappa shape index (κ2) is 9.77. The van der Waals surface area contributed by atoms with E-state index in [1.807, 2.05) is 12.1 Å². The predicted octanol–water partition coefficient (Wildman–Crippen LogP) is 1.86. The average Bonchev–Trinajstić information content (AvgIpc) is 3.63. The van der Waals surface area contributed by atoms with E-state index in [0.717, 1.165) is 18.4 Å². The zero-order valence-electron chi connectivity index (χ0n) is 17.9. The summed E-state index contributed by atoms with van der Waals surface area (Å²) in [6, 6.07) is 14.6. The molecule has 6 heteroatoms. The summed E-state index contributed by atoms with van der Waals surface area (Å²) in [7, 11) is 1.70. The minimum Gasteiger partial charge on any atom is -0.394 e. The van der Waals surface area contributed by atoms with Gasteiger partial charge in [-0.1, -0.05) is 42.5 Å². The molecule has 31 heavy (non-hydrogen) atoms. The van der Waals surface area contributed by atoms with E-state index in [4.69, 9.17) is 9.47 Å². The molecule has 2 aromatic rings. The molecule has 168 valence electrons. The first-order chi connectivity index (χ1) is 15.0. The van der Waals surface area contributed by atoms with Crippen LogP contribution in [0.3, 0.4) is 0 Å². The zero-order valence-corrected chi connectivity index (χ0v) is 17.9. The largest absolute Gasteiger partial charge is 0.394 e. The summed E-state index contributed by atoms with van der Waals surface area (Å²) in [5.41, 5.74) is 5.68. The number of ether oxygens (including phenoxy) is 2. The van der Waals surface area contributed by atoms with Gasteiger partial charge in [0, 0.05) is 7.11 Å². The lowest BCUT2D eigenvalue weighted by molar-refractivity contribution is -0.231. The normalized spacial score (nSPS) is 28.6. The highest BCUT2D eigenvalue weighted by Gasteiger charge is 2.44. The molecule has 5 atom stereocenters. The second-order valence-electron chi connectivity index (χ2n) is 8.72. The average molecular weight is 429 g/mol. The van der Waals surface area contributed by atoms with Crippen molar-refractivity contribution in [2.24, 2.45) is 0 Å². The smallest absolute Gasteiger partial charge is 0.113 e. The Morgan fingerprint density at radius 2 is 1.65 bits per heavy atom. The van der Waals surface area contributed by atoms with Gasteiger partial charge in [-0.25, -0.2) is 0 Å². The van der Waals surface area contributed by atoms with Crippen LogP contribution in [0.15, 0.2) is 42.5 Å². The minimum absolute atomic E-state index is 0.427. The number of aliphatic hydroxyl groups excluding tert-OH is 4. The Morgan fingerprint density at radius 3 is 2.29 bits per heavy atom. The Bertz CT molecular complexity index is 861. The van der Waals surface area contributed by atoms with Gasteiger partial charge in [0.2, 0.25) is 0 Å². The molecule has 0 aromatic heterocycles. The Labute approximate surface area is 183 Å². The lowest BCUT2D eigenvalue weighted by atomic mass is 9.88. The fourth-order valence-corrected chi connectivity index (χ4v) is 4.39. The SMILES string of the molecule is COCCc1ccc(Cc2cc([C@@H]3O[C@H](CO)[C@@H](O)C(O)[C@H]3O)ccc2C2CC2)cc1. The van der Waals surface area contributed by atoms with Gasteiger partial charge in [-0.2, -0.15) is 0 Å². The van der Waals surface area contributed by atoms with Gasteiger partial charge in [0.25, 0.3) is 0 Å². The van der Waals surface area contributed by atoms with Gasteiger partial charge in [-0.3, -0.25) is 0 Å². The first-order valence-corrected chi connectivity index (χ1v) is 11.0. The Kier molecular flexibility index (Phi) is 7.06. The van der Waals surface area contributed by atoms with Crippen LogP contribution in [-0.2, 0) is 22.3 Å². The lowest BCUT2D eigenvalue weighted by Gasteiger charge is -2.40. The molecular formula is C25H32O6. The molecule has 0 bridgehead atoms. The van der Waals surface area contributed by atoms with Gasteiger partial charge in [-0.15, -0.1) is 0 Å². The number of methoxy groups -OCH3 is 1. The fourth-order valence-electron chi connectivity index (χ4n) is 4.39. The molecule has 4 rings (SSSR count). The van der Waals surface area contributed by atoms with E-state index in [1.54, 1.807) is 7.11 Å². The molecule has 6 nitrogen and oxygen atoms in total. The number of rotatable bonds is 8. The third-order valence-corrected chi connectivity index (χ3v) is 6.42. The summed E-state index contributed by atoms with van der Waals surface area (Å²) >= 11 is 0. The number of hydrogen-bond acceptors (Lipinski definition) is 6. The second-order valence-corrected chi connectivity index (χ2v) is 8.72. The monoisotopic (exact) mass is 428 g/mol. The maximum absolute atomic E-state index is 10.5. The molecule has 1 unspecified atom stereocenters. The van der Waals surface area contributed by atoms with E-state index in [0.29, 0.717) is 12.5 Å². The van der Waals surface area contributed by atoms with Crippen molar-refractivity contribution < 1.29 is 29.9 Å². The summed E-state index contributed by atoms with van der Waals surface area (Å²) in [6.45, 7) is 0.274. The van der Waals surface area contributed by atoms with E-state index < -0.39 is 37.1 Å². The van der Waals surface area contributed by atoms with Crippen molar-refractivity contribution >= 4 is 0 Å². The number of benzene rings is 2. The molecule has 1 aliphatic carbocycles. The maximum Gasteiger partial charge on any atom is 0.113 e. The molecular weight excluding hydrogens is 396 g/mol. The highest BCUT2D eigenvalue weighted by atomic mass is 16.5. The molecule has 4 N–H and O–H groups in total. The van der Waals surface area contributed by atoms with Gasteiger partial charge < -0.3 is 29.9 Å². The molecule has 1 saturated heterocycles. The third-order valence-electron chi connectivity index (χ3n) is 6.42. The zero-order chi connectivity index (χ0) is 22.0. The first-order valence-electron chi connectivity index (χ1n) is 11.0. The summed E-state index contributed by atoms with van der Waals surface area (Å²) < 4.78 is 10.9. The van der Waals surface area contributed by atoms with Gasteiger partial charge in [-0.05, 0) is 59.4 Å². The fraction of sp³-hybridized carbons (Fsp3) is 0.520. The summed E-state index contributed by atoms with van der Waals surface area (Å²) in [5, 5.41) is 40.3. The standard InChI is InChI=1S/C25H32O6/c1-30-11-10-15-2-4-16(5-3-15)12-19-13-18(8-9-20(19)17-6-7-17)25-24(29)23(28)22(27)21(14-26)31-25/h2-5,8-9,13,17,21-29H,6-7,10-12,14H2,1H3/t21-,22-,23?,24-,25+/m1/s1. The quantitative estimate of drug-likeness (QED) is 0.512. The molecule has 1 saturated carbocycles. The van der Waals surface area contributed by atoms with Crippen molar-refractivity contribution in [1.82, 2.24) is 0 Å². The van der Waals surface area contributed by atoms with Gasteiger partial charge in [0.05, 0.1) is 13.2 Å². The van der Waals surface area contributed by atoms with Crippen LogP contribution in [0.2, 0.25) is 0 Å². The van der Waals surface area contributed by atoms with E-state index in [2.05, 4.69) is 30.3 Å². The van der Waals surface area contributed by atoms with Crippen LogP contribution in [0, 0.1) is 0 Å². The minimum atomic E-state index is -1.37. The van der Waals surface area contributed by atoms with Crippen molar-refractivity contribution in [3.63, 3.8) is 0 Å². The Morgan fingerprint density at radius 1 is 0.935 bits per heavy atom. The first kappa shape index (κ1) is 22.4. The molecule has 0 spiro atoms. The molecule has 0 amide bonds. The molecule has 2 aliphatic rings. The van der Waals surface area contributed by atoms with E-state index >= 15 is 0 Å². The van der Waals surface area contributed by atoms with Gasteiger partial charge in [0.15, 0.2) is 0 Å². The van der Waals surface area contributed by atoms with E-state index in [1.165, 1.54) is 35.1 Å². The molecule has 0 radical (unpaired) electrons. The van der Waals surface area contributed by atoms with Crippen molar-refractivity contribution in [3.8, 4) is 0 Å². The predicted molar refractivity (Wildman–Crippen MR) is 116 cm³/mol. The third kappa shape index (κ3) is 5.00. The van der Waals surface area contributed by atoms with Gasteiger partial charge >= 0.3 is 0 Å². The molecule has 2 aromatic carbocycles. The number of hydrogen-bond donors (Lipinski definition) is 4. The van der Waals surface area contributed by atoms with Crippen LogP contribution >= 0.6 is 0 Å². The van der Waals surface area contributed by atoms with Crippen LogP contribution in [0.25, 0.3) is 0 Å². The highest BCUT2D eigenvalue weighted by Crippen LogP contribution is 2.43. The Balaban J connectivity index is 1.58. The van der Waals surface area contributed by atoms with Crippen molar-refractivity contribution in [3.05, 3.63) is 70.3 Å². The van der Waals surface area contributed by atoms with Crippen LogP contribution in [0.1, 0.15) is 52.7 Å². The molecule has 1 aliphatic heterocycles. The van der Waals surface area contributed by atoms with Crippen molar-refractivity contribution in [1.29, 1.82) is 0 Å². The van der Waals surface area contributed by atoms with Gasteiger partial charge in [0.1, 0.15) is 30.5 Å². The van der Waals surface area contributed by atoms with Crippen LogP contribution < -0.4 is 0 Å². The topological polar surface area (TPSA) is 99.4 Å². The molecule has 2 fully saturated rings. The van der Waals surface area contributed by atoms with E-state index in [-0.39, 0.29) is 0 Å². The van der Waals surface area contributed by atoms with E-state index in [9.17, 15) is 20.4 Å². The van der Waals surface area contributed by atoms with Crippen molar-refractivity contribution in [2.45, 2.75) is 62.1 Å². The van der Waals surface area contributed by atoms with Crippen LogP contribution in [0.5, 0.6) is 0 Å². The van der Waals surface area contributed by atoms with Crippen LogP contribution in [0.4, 0.5) is 0 Å². The number of aliphatic hydroxyl groups is 4.